The van der Waals surface area contributed by atoms with Crippen LogP contribution in [0.15, 0.2) is 12.2 Å². The van der Waals surface area contributed by atoms with Crippen LogP contribution in [-0.2, 0) is 28.6 Å². The summed E-state index contributed by atoms with van der Waals surface area (Å²) in [5, 5.41) is 8.90. The minimum atomic E-state index is -3.61. The quantitative estimate of drug-likeness (QED) is 0.319. The van der Waals surface area contributed by atoms with Gasteiger partial charge >= 0.3 is 5.97 Å². The summed E-state index contributed by atoms with van der Waals surface area (Å²) in [6.07, 6.45) is -2.10. The number of fused-ring (bicyclic) bond motifs is 1. The highest BCUT2D eigenvalue weighted by molar-refractivity contribution is 8.00. The third-order valence-corrected chi connectivity index (χ3v) is 6.65. The predicted molar refractivity (Wildman–Crippen MR) is 74.0 cm³/mol. The smallest absolute Gasteiger partial charge is 0.316 e. The number of thioether (sulfide) groups is 1. The molecular weight excluding hydrogens is 320 g/mol. The van der Waals surface area contributed by atoms with Gasteiger partial charge in [-0.1, -0.05) is 6.58 Å². The Bertz CT molecular complexity index is 572. The van der Waals surface area contributed by atoms with Gasteiger partial charge in [0.1, 0.15) is 22.9 Å². The number of carbonyl (C=O) groups excluding carboxylic acids is 1. The van der Waals surface area contributed by atoms with Gasteiger partial charge in [0, 0.05) is 0 Å². The van der Waals surface area contributed by atoms with Gasteiger partial charge in [0.2, 0.25) is 0 Å². The van der Waals surface area contributed by atoms with Crippen molar-refractivity contribution in [3.05, 3.63) is 12.2 Å². The molecule has 7 nitrogen and oxygen atoms in total. The van der Waals surface area contributed by atoms with E-state index in [1.807, 2.05) is 0 Å². The maximum Gasteiger partial charge on any atom is 0.316 e. The molecule has 0 aromatic heterocycles. The summed E-state index contributed by atoms with van der Waals surface area (Å²) in [5.74, 6) is -0.587. The van der Waals surface area contributed by atoms with Crippen molar-refractivity contribution in [3.8, 4) is 0 Å². The largest absolute Gasteiger partial charge is 0.456 e. The Balaban J connectivity index is 1.58. The molecule has 0 aromatic carbocycles. The first-order chi connectivity index (χ1) is 9.79. The van der Waals surface area contributed by atoms with Crippen molar-refractivity contribution in [2.75, 3.05) is 5.75 Å². The SMILES string of the molecule is C=C(C)C(O)SCC(=O)OC1C2CC3C(O2)C1OS3(=O)=O. The first kappa shape index (κ1) is 15.3. The van der Waals surface area contributed by atoms with Crippen LogP contribution in [0, 0.1) is 0 Å². The summed E-state index contributed by atoms with van der Waals surface area (Å²) in [4.78, 5) is 11.8. The Kier molecular flexibility index (Phi) is 3.81. The molecule has 118 valence electrons. The number of aliphatic hydroxyl groups excluding tert-OH is 1. The van der Waals surface area contributed by atoms with Crippen LogP contribution in [0.2, 0.25) is 0 Å². The fraction of sp³-hybridized carbons (Fsp3) is 0.750. The summed E-state index contributed by atoms with van der Waals surface area (Å²) in [5.41, 5.74) is -0.287. The summed E-state index contributed by atoms with van der Waals surface area (Å²) < 4.78 is 39.2. The van der Waals surface area contributed by atoms with Gasteiger partial charge < -0.3 is 14.6 Å². The average molecular weight is 336 g/mol. The standard InChI is InChI=1S/C12H16O7S2/c1-5(2)12(14)20-4-8(13)18-9-6-3-7-10(17-6)11(9)19-21(7,15)16/h6-7,9-12,14H,1,3-4H2,2H3. The van der Waals surface area contributed by atoms with E-state index in [4.69, 9.17) is 13.7 Å². The molecule has 0 amide bonds. The monoisotopic (exact) mass is 336 g/mol. The van der Waals surface area contributed by atoms with Crippen molar-refractivity contribution in [2.45, 2.75) is 48.4 Å². The van der Waals surface area contributed by atoms with E-state index in [9.17, 15) is 18.3 Å². The van der Waals surface area contributed by atoms with Crippen LogP contribution in [0.1, 0.15) is 13.3 Å². The minimum absolute atomic E-state index is 0.0508. The second-order valence-corrected chi connectivity index (χ2v) is 8.28. The lowest BCUT2D eigenvalue weighted by atomic mass is 9.94. The highest BCUT2D eigenvalue weighted by Gasteiger charge is 2.67. The maximum atomic E-state index is 11.8. The van der Waals surface area contributed by atoms with Gasteiger partial charge in [0.05, 0.1) is 11.9 Å². The highest BCUT2D eigenvalue weighted by atomic mass is 32.2. The first-order valence-electron chi connectivity index (χ1n) is 6.51. The molecule has 1 N–H and O–H groups in total. The molecule has 3 rings (SSSR count). The van der Waals surface area contributed by atoms with Crippen molar-refractivity contribution in [1.29, 1.82) is 0 Å². The van der Waals surface area contributed by atoms with Crippen molar-refractivity contribution in [3.63, 3.8) is 0 Å². The molecule has 3 saturated heterocycles. The minimum Gasteiger partial charge on any atom is -0.456 e. The van der Waals surface area contributed by atoms with E-state index in [0.717, 1.165) is 11.8 Å². The van der Waals surface area contributed by atoms with E-state index in [2.05, 4.69) is 6.58 Å². The van der Waals surface area contributed by atoms with Crippen LogP contribution >= 0.6 is 11.8 Å². The van der Waals surface area contributed by atoms with Crippen molar-refractivity contribution >= 4 is 27.8 Å². The molecule has 9 heteroatoms. The second-order valence-electron chi connectivity index (χ2n) is 5.43. The number of ether oxygens (including phenoxy) is 2. The number of aliphatic hydroxyl groups is 1. The van der Waals surface area contributed by atoms with Crippen LogP contribution in [0.5, 0.6) is 0 Å². The van der Waals surface area contributed by atoms with Gasteiger partial charge in [-0.2, -0.15) is 8.42 Å². The maximum absolute atomic E-state index is 11.8. The van der Waals surface area contributed by atoms with E-state index in [1.54, 1.807) is 6.92 Å². The zero-order chi connectivity index (χ0) is 15.4. The lowest BCUT2D eigenvalue weighted by molar-refractivity contribution is -0.151. The zero-order valence-corrected chi connectivity index (χ0v) is 12.9. The van der Waals surface area contributed by atoms with E-state index in [-0.39, 0.29) is 5.75 Å². The van der Waals surface area contributed by atoms with Gasteiger partial charge in [0.25, 0.3) is 10.1 Å². The molecule has 0 aliphatic carbocycles. The Morgan fingerprint density at radius 1 is 1.52 bits per heavy atom. The number of carbonyl (C=O) groups is 1. The van der Waals surface area contributed by atoms with Crippen molar-refractivity contribution in [1.82, 2.24) is 0 Å². The average Bonchev–Trinajstić information content (AvgIpc) is 2.99. The van der Waals surface area contributed by atoms with E-state index in [1.165, 1.54) is 0 Å². The molecule has 0 radical (unpaired) electrons. The summed E-state index contributed by atoms with van der Waals surface area (Å²) >= 11 is 0.997. The van der Waals surface area contributed by atoms with E-state index < -0.39 is 51.2 Å². The molecule has 21 heavy (non-hydrogen) atoms. The fourth-order valence-electron chi connectivity index (χ4n) is 2.84. The summed E-state index contributed by atoms with van der Waals surface area (Å²) in [6.45, 7) is 5.24. The molecule has 3 aliphatic heterocycles. The molecule has 0 saturated carbocycles. The normalized spacial score (nSPS) is 40.2. The molecule has 3 heterocycles. The lowest BCUT2D eigenvalue weighted by Crippen LogP contribution is -2.41. The Labute approximate surface area is 126 Å². The third kappa shape index (κ3) is 2.61. The molecule has 2 bridgehead atoms. The molecular formula is C12H16O7S2. The highest BCUT2D eigenvalue weighted by Crippen LogP contribution is 2.47. The molecule has 0 aromatic rings. The van der Waals surface area contributed by atoms with Crippen molar-refractivity contribution < 1.29 is 32.0 Å². The fourth-order valence-corrected chi connectivity index (χ4v) is 5.13. The van der Waals surface area contributed by atoms with Gasteiger partial charge in [-0.3, -0.25) is 8.98 Å². The van der Waals surface area contributed by atoms with Crippen LogP contribution in [0.25, 0.3) is 0 Å². The lowest BCUT2D eigenvalue weighted by Gasteiger charge is -2.22. The zero-order valence-electron chi connectivity index (χ0n) is 11.3. The number of hydrogen-bond acceptors (Lipinski definition) is 8. The third-order valence-electron chi connectivity index (χ3n) is 3.84. The van der Waals surface area contributed by atoms with Crippen molar-refractivity contribution in [2.24, 2.45) is 0 Å². The number of rotatable bonds is 5. The molecule has 6 unspecified atom stereocenters. The van der Waals surface area contributed by atoms with Crippen LogP contribution in [0.3, 0.4) is 0 Å². The summed E-state index contributed by atoms with van der Waals surface area (Å²) in [7, 11) is -3.61. The number of hydrogen-bond donors (Lipinski definition) is 1. The second kappa shape index (κ2) is 5.24. The van der Waals surface area contributed by atoms with Crippen LogP contribution < -0.4 is 0 Å². The Hall–Kier alpha value is -0.610. The topological polar surface area (TPSA) is 99.1 Å². The molecule has 3 fully saturated rings. The van der Waals surface area contributed by atoms with E-state index >= 15 is 0 Å². The Morgan fingerprint density at radius 2 is 2.24 bits per heavy atom. The molecule has 3 aliphatic rings. The summed E-state index contributed by atoms with van der Waals surface area (Å²) in [6, 6.07) is 0. The van der Waals surface area contributed by atoms with Crippen LogP contribution in [0.4, 0.5) is 0 Å². The van der Waals surface area contributed by atoms with Crippen LogP contribution in [-0.4, -0.2) is 60.3 Å². The molecule has 6 atom stereocenters. The molecule has 0 spiro atoms. The Morgan fingerprint density at radius 3 is 2.90 bits per heavy atom. The van der Waals surface area contributed by atoms with Gasteiger partial charge in [-0.15, -0.1) is 11.8 Å². The first-order valence-corrected chi connectivity index (χ1v) is 9.04. The van der Waals surface area contributed by atoms with Gasteiger partial charge in [-0.05, 0) is 18.9 Å². The predicted octanol–water partition coefficient (Wildman–Crippen LogP) is -0.206. The number of esters is 1. The van der Waals surface area contributed by atoms with Gasteiger partial charge in [0.15, 0.2) is 6.10 Å². The van der Waals surface area contributed by atoms with E-state index in [0.29, 0.717) is 12.0 Å². The van der Waals surface area contributed by atoms with Gasteiger partial charge in [-0.25, -0.2) is 0 Å².